The highest BCUT2D eigenvalue weighted by atomic mass is 32.2. The van der Waals surface area contributed by atoms with Crippen LogP contribution < -0.4 is 15.0 Å². The number of thiocarbonyl (C=S) groups is 1. The van der Waals surface area contributed by atoms with E-state index in [4.69, 9.17) is 17.0 Å². The van der Waals surface area contributed by atoms with E-state index < -0.39 is 5.25 Å². The summed E-state index contributed by atoms with van der Waals surface area (Å²) in [5.74, 6) is 0.735. The molecule has 4 rings (SSSR count). The van der Waals surface area contributed by atoms with Gasteiger partial charge >= 0.3 is 0 Å². The van der Waals surface area contributed by atoms with E-state index in [0.717, 1.165) is 28.7 Å². The molecule has 0 bridgehead atoms. The van der Waals surface area contributed by atoms with Gasteiger partial charge in [-0.2, -0.15) is 4.99 Å². The zero-order valence-corrected chi connectivity index (χ0v) is 19.1. The number of hydrogen-bond donors (Lipinski definition) is 1. The molecule has 2 aromatic carbocycles. The Balaban J connectivity index is 1.50. The lowest BCUT2D eigenvalue weighted by atomic mass is 10.2. The van der Waals surface area contributed by atoms with Crippen LogP contribution in [0.25, 0.3) is 0 Å². The third-order valence-electron chi connectivity index (χ3n) is 4.57. The molecule has 31 heavy (non-hydrogen) atoms. The van der Waals surface area contributed by atoms with Crippen molar-refractivity contribution in [3.8, 4) is 5.75 Å². The monoisotopic (exact) mass is 470 g/mol. The van der Waals surface area contributed by atoms with Gasteiger partial charge in [0.05, 0.1) is 18.6 Å². The van der Waals surface area contributed by atoms with Gasteiger partial charge in [-0.3, -0.25) is 14.5 Å². The lowest BCUT2D eigenvalue weighted by Crippen LogP contribution is -2.37. The Hall–Kier alpha value is -2.69. The maximum absolute atomic E-state index is 12.6. The lowest BCUT2D eigenvalue weighted by Gasteiger charge is -2.21. The second-order valence-corrected chi connectivity index (χ2v) is 9.34. The third-order valence-corrected chi connectivity index (χ3v) is 6.92. The minimum atomic E-state index is -0.580. The van der Waals surface area contributed by atoms with Crippen molar-refractivity contribution in [1.29, 1.82) is 0 Å². The molecule has 7 nitrogen and oxygen atoms in total. The van der Waals surface area contributed by atoms with Crippen molar-refractivity contribution < 1.29 is 14.3 Å². The number of nitrogens with zero attached hydrogens (tertiary/aromatic N) is 3. The van der Waals surface area contributed by atoms with Gasteiger partial charge in [0.25, 0.3) is 5.91 Å². The predicted octanol–water partition coefficient (Wildman–Crippen LogP) is 3.88. The molecule has 2 aliphatic rings. The Morgan fingerprint density at radius 2 is 2.06 bits per heavy atom. The number of thioether (sulfide) groups is 2. The number of rotatable bonds is 5. The first-order chi connectivity index (χ1) is 15.0. The smallest absolute Gasteiger partial charge is 0.269 e. The van der Waals surface area contributed by atoms with Gasteiger partial charge in [-0.15, -0.1) is 0 Å². The molecule has 2 heterocycles. The second kappa shape index (κ2) is 9.21. The molecule has 1 unspecified atom stereocenters. The van der Waals surface area contributed by atoms with E-state index in [-0.39, 0.29) is 22.7 Å². The van der Waals surface area contributed by atoms with Crippen molar-refractivity contribution in [3.63, 3.8) is 0 Å². The first kappa shape index (κ1) is 21.5. The number of fused-ring (bicyclic) bond motifs is 1. The van der Waals surface area contributed by atoms with Crippen LogP contribution in [0.1, 0.15) is 5.56 Å². The van der Waals surface area contributed by atoms with Gasteiger partial charge in [0, 0.05) is 11.8 Å². The highest BCUT2D eigenvalue weighted by Crippen LogP contribution is 2.37. The van der Waals surface area contributed by atoms with Crippen LogP contribution in [0.15, 0.2) is 58.5 Å². The van der Waals surface area contributed by atoms with Crippen LogP contribution in [0.3, 0.4) is 0 Å². The minimum Gasteiger partial charge on any atom is -0.497 e. The Labute approximate surface area is 193 Å². The van der Waals surface area contributed by atoms with Crippen molar-refractivity contribution in [1.82, 2.24) is 0 Å². The molecule has 0 saturated carbocycles. The van der Waals surface area contributed by atoms with Gasteiger partial charge in [-0.05, 0) is 30.7 Å². The summed E-state index contributed by atoms with van der Waals surface area (Å²) in [6.45, 7) is 1.92. The molecule has 2 aromatic rings. The van der Waals surface area contributed by atoms with Crippen LogP contribution in [-0.2, 0) is 9.59 Å². The third kappa shape index (κ3) is 4.65. The number of nitrogens with one attached hydrogen (secondary N) is 1. The summed E-state index contributed by atoms with van der Waals surface area (Å²) in [5, 5.41) is 2.53. The number of methoxy groups -OCH3 is 1. The van der Waals surface area contributed by atoms with Gasteiger partial charge in [0.2, 0.25) is 5.91 Å². The fraction of sp³-hybridized carbons (Fsp3) is 0.190. The average Bonchev–Trinajstić information content (AvgIpc) is 3.10. The molecule has 158 valence electrons. The van der Waals surface area contributed by atoms with Gasteiger partial charge in [-0.25, -0.2) is 4.99 Å². The number of amidine groups is 2. The molecule has 2 amide bonds. The molecular weight excluding hydrogens is 452 g/mol. The lowest BCUT2D eigenvalue weighted by molar-refractivity contribution is -0.116. The van der Waals surface area contributed by atoms with E-state index in [2.05, 4.69) is 15.3 Å². The Morgan fingerprint density at radius 1 is 1.26 bits per heavy atom. The summed E-state index contributed by atoms with van der Waals surface area (Å²) in [6, 6.07) is 14.9. The van der Waals surface area contributed by atoms with Crippen LogP contribution in [-0.4, -0.2) is 45.3 Å². The Morgan fingerprint density at radius 3 is 2.84 bits per heavy atom. The summed E-state index contributed by atoms with van der Waals surface area (Å²) >= 11 is 7.85. The zero-order chi connectivity index (χ0) is 22.0. The van der Waals surface area contributed by atoms with Gasteiger partial charge in [0.15, 0.2) is 10.4 Å². The number of carbonyl (C=O) groups excluding carboxylic acids is 2. The second-order valence-electron chi connectivity index (χ2n) is 6.66. The summed E-state index contributed by atoms with van der Waals surface area (Å²) in [5.41, 5.74) is 2.48. The van der Waals surface area contributed by atoms with Crippen LogP contribution >= 0.6 is 35.7 Å². The predicted molar refractivity (Wildman–Crippen MR) is 132 cm³/mol. The molecule has 1 fully saturated rings. The first-order valence-corrected chi connectivity index (χ1v) is 11.6. The largest absolute Gasteiger partial charge is 0.497 e. The van der Waals surface area contributed by atoms with E-state index in [1.807, 2.05) is 55.5 Å². The normalized spacial score (nSPS) is 17.7. The Bertz CT molecular complexity index is 1130. The van der Waals surface area contributed by atoms with Gasteiger partial charge in [-0.1, -0.05) is 60.0 Å². The standard InChI is InChI=1S/C21H18N4O3S3/c1-12-6-3-4-9-15(12)22-16(26)11-30-20-23-18-17(19(27)24-20)31-21(29)25(18)13-7-5-8-14(10-13)28-2/h3-10,17H,11H2,1-2H3,(H,22,26). The van der Waals surface area contributed by atoms with Crippen LogP contribution in [0.5, 0.6) is 5.75 Å². The number of aryl methyl sites for hydroxylation is 1. The number of hydrogen-bond acceptors (Lipinski definition) is 7. The summed E-state index contributed by atoms with van der Waals surface area (Å²) in [6.07, 6.45) is 0. The van der Waals surface area contributed by atoms with Crippen LogP contribution in [0.2, 0.25) is 0 Å². The van der Waals surface area contributed by atoms with Gasteiger partial charge in [0.1, 0.15) is 15.9 Å². The molecule has 2 aliphatic heterocycles. The molecule has 10 heteroatoms. The molecular formula is C21H18N4O3S3. The Kier molecular flexibility index (Phi) is 6.40. The molecule has 1 atom stereocenters. The van der Waals surface area contributed by atoms with Crippen molar-refractivity contribution in [2.45, 2.75) is 12.2 Å². The van der Waals surface area contributed by atoms with E-state index in [1.165, 1.54) is 11.8 Å². The fourth-order valence-corrected chi connectivity index (χ4v) is 5.10. The van der Waals surface area contributed by atoms with E-state index in [9.17, 15) is 9.59 Å². The van der Waals surface area contributed by atoms with Crippen molar-refractivity contribution in [3.05, 3.63) is 54.1 Å². The molecule has 1 saturated heterocycles. The highest BCUT2D eigenvalue weighted by molar-refractivity contribution is 8.25. The highest BCUT2D eigenvalue weighted by Gasteiger charge is 2.43. The van der Waals surface area contributed by atoms with E-state index in [1.54, 1.807) is 12.0 Å². The topological polar surface area (TPSA) is 83.4 Å². The van der Waals surface area contributed by atoms with Crippen molar-refractivity contribution in [2.75, 3.05) is 23.1 Å². The molecule has 0 aromatic heterocycles. The summed E-state index contributed by atoms with van der Waals surface area (Å²) in [7, 11) is 1.59. The van der Waals surface area contributed by atoms with Crippen LogP contribution in [0.4, 0.5) is 11.4 Å². The quantitative estimate of drug-likeness (QED) is 0.664. The maximum Gasteiger partial charge on any atom is 0.269 e. The fourth-order valence-electron chi connectivity index (χ4n) is 3.04. The van der Waals surface area contributed by atoms with Crippen molar-refractivity contribution in [2.24, 2.45) is 9.98 Å². The number of amides is 2. The van der Waals surface area contributed by atoms with E-state index >= 15 is 0 Å². The summed E-state index contributed by atoms with van der Waals surface area (Å²) in [4.78, 5) is 35.3. The van der Waals surface area contributed by atoms with Crippen molar-refractivity contribution >= 4 is 74.3 Å². The molecule has 1 N–H and O–H groups in total. The maximum atomic E-state index is 12.6. The SMILES string of the molecule is COc1cccc(N2C(=S)SC3C(=O)N=C(SCC(=O)Nc4ccccc4C)N=C32)c1. The molecule has 0 radical (unpaired) electrons. The molecule has 0 aliphatic carbocycles. The minimum absolute atomic E-state index is 0.0820. The zero-order valence-electron chi connectivity index (χ0n) is 16.7. The number of aliphatic imine (C=N–C) groups is 2. The summed E-state index contributed by atoms with van der Waals surface area (Å²) < 4.78 is 5.81. The van der Waals surface area contributed by atoms with Crippen LogP contribution in [0, 0.1) is 6.92 Å². The number of para-hydroxylation sites is 1. The molecule has 0 spiro atoms. The number of anilines is 2. The number of ether oxygens (including phenoxy) is 1. The van der Waals surface area contributed by atoms with Gasteiger partial charge < -0.3 is 10.1 Å². The first-order valence-electron chi connectivity index (χ1n) is 9.30. The average molecular weight is 471 g/mol. The van der Waals surface area contributed by atoms with E-state index in [0.29, 0.717) is 15.9 Å². The number of carbonyl (C=O) groups is 2. The number of benzene rings is 2.